The number of aromatic nitrogens is 2. The zero-order chi connectivity index (χ0) is 19.7. The van der Waals surface area contributed by atoms with E-state index in [-0.39, 0.29) is 11.9 Å². The Morgan fingerprint density at radius 2 is 2.00 bits per heavy atom. The van der Waals surface area contributed by atoms with Crippen LogP contribution in [-0.4, -0.2) is 27.8 Å². The molecule has 0 saturated carbocycles. The van der Waals surface area contributed by atoms with E-state index in [1.807, 2.05) is 13.8 Å². The molecular weight excluding hydrogens is 369 g/mol. The Balaban J connectivity index is 1.74. The van der Waals surface area contributed by atoms with Gasteiger partial charge in [-0.1, -0.05) is 6.07 Å². The van der Waals surface area contributed by atoms with Crippen LogP contribution in [0.15, 0.2) is 30.5 Å². The maximum absolute atomic E-state index is 14.0. The number of fused-ring (bicyclic) bond motifs is 1. The first-order chi connectivity index (χ1) is 12.8. The van der Waals surface area contributed by atoms with Gasteiger partial charge >= 0.3 is 5.97 Å². The van der Waals surface area contributed by atoms with Crippen molar-refractivity contribution in [3.05, 3.63) is 46.7 Å². The summed E-state index contributed by atoms with van der Waals surface area (Å²) >= 11 is 1.15. The lowest BCUT2D eigenvalue weighted by Gasteiger charge is -2.15. The van der Waals surface area contributed by atoms with Gasteiger partial charge in [-0.05, 0) is 45.4 Å². The molecule has 1 aromatic carbocycles. The number of aryl methyl sites for hydroxylation is 1. The average molecular weight is 389 g/mol. The smallest absolute Gasteiger partial charge is 0.349 e. The van der Waals surface area contributed by atoms with Crippen molar-refractivity contribution in [2.75, 3.05) is 5.32 Å². The van der Waals surface area contributed by atoms with Crippen molar-refractivity contribution >= 4 is 39.1 Å². The van der Waals surface area contributed by atoms with E-state index in [0.717, 1.165) is 11.3 Å². The number of anilines is 1. The zero-order valence-electron chi connectivity index (χ0n) is 15.4. The molecule has 2 heterocycles. The molecular formula is C19H20FN3O3S. The lowest BCUT2D eigenvalue weighted by Crippen LogP contribution is -2.31. The molecule has 1 amide bonds. The average Bonchev–Trinajstić information content (AvgIpc) is 3.20. The van der Waals surface area contributed by atoms with E-state index in [4.69, 9.17) is 4.74 Å². The summed E-state index contributed by atoms with van der Waals surface area (Å²) in [6.07, 6.45) is 0.573. The standard InChI is InChI=1S/C19H20FN3O3S/c1-10(2)23-15(8-9-21-23)22-18(24)12(4)26-19(25)17-11(3)16-13(20)6-5-7-14(16)27-17/h5-10,12H,1-4H3,(H,22,24)/t12-/m1/s1. The van der Waals surface area contributed by atoms with Crippen molar-refractivity contribution < 1.29 is 18.7 Å². The van der Waals surface area contributed by atoms with Gasteiger partial charge in [-0.2, -0.15) is 5.10 Å². The molecule has 1 atom stereocenters. The topological polar surface area (TPSA) is 73.2 Å². The second kappa shape index (κ2) is 7.48. The van der Waals surface area contributed by atoms with E-state index in [2.05, 4.69) is 10.4 Å². The molecule has 0 bridgehead atoms. The normalized spacial score (nSPS) is 12.4. The third kappa shape index (κ3) is 3.71. The number of ether oxygens (including phenoxy) is 1. The molecule has 2 aromatic heterocycles. The molecule has 0 fully saturated rings. The number of thiophene rings is 1. The number of amides is 1. The van der Waals surface area contributed by atoms with Crippen LogP contribution < -0.4 is 5.32 Å². The first-order valence-corrected chi connectivity index (χ1v) is 9.34. The third-order valence-corrected chi connectivity index (χ3v) is 5.39. The second-order valence-corrected chi connectivity index (χ2v) is 7.51. The van der Waals surface area contributed by atoms with Gasteiger partial charge in [0.15, 0.2) is 6.10 Å². The van der Waals surface area contributed by atoms with Crippen LogP contribution in [-0.2, 0) is 9.53 Å². The fourth-order valence-corrected chi connectivity index (χ4v) is 3.87. The lowest BCUT2D eigenvalue weighted by molar-refractivity contribution is -0.123. The summed E-state index contributed by atoms with van der Waals surface area (Å²) < 4.78 is 21.6. The van der Waals surface area contributed by atoms with Crippen LogP contribution >= 0.6 is 11.3 Å². The summed E-state index contributed by atoms with van der Waals surface area (Å²) in [5.41, 5.74) is 0.517. The third-order valence-electron chi connectivity index (χ3n) is 4.15. The molecule has 6 nitrogen and oxygen atoms in total. The second-order valence-electron chi connectivity index (χ2n) is 6.46. The summed E-state index contributed by atoms with van der Waals surface area (Å²) in [5, 5.41) is 7.26. The minimum absolute atomic E-state index is 0.0734. The first-order valence-electron chi connectivity index (χ1n) is 8.52. The summed E-state index contributed by atoms with van der Waals surface area (Å²) in [6, 6.07) is 6.44. The Hall–Kier alpha value is -2.74. The molecule has 1 N–H and O–H groups in total. The Morgan fingerprint density at radius 1 is 1.26 bits per heavy atom. The Labute approximate surface area is 159 Å². The molecule has 0 unspecified atom stereocenters. The quantitative estimate of drug-likeness (QED) is 0.660. The van der Waals surface area contributed by atoms with Crippen molar-refractivity contribution in [2.45, 2.75) is 39.8 Å². The molecule has 0 saturated heterocycles. The molecule has 0 aliphatic heterocycles. The highest BCUT2D eigenvalue weighted by Crippen LogP contribution is 2.33. The van der Waals surface area contributed by atoms with Gasteiger partial charge in [0.1, 0.15) is 16.5 Å². The number of hydrogen-bond donors (Lipinski definition) is 1. The van der Waals surface area contributed by atoms with E-state index in [0.29, 0.717) is 26.3 Å². The van der Waals surface area contributed by atoms with Crippen LogP contribution in [0.3, 0.4) is 0 Å². The number of carbonyl (C=O) groups excluding carboxylic acids is 2. The van der Waals surface area contributed by atoms with Gasteiger partial charge in [0.25, 0.3) is 5.91 Å². The lowest BCUT2D eigenvalue weighted by atomic mass is 10.1. The molecule has 0 spiro atoms. The highest BCUT2D eigenvalue weighted by Gasteiger charge is 2.24. The minimum Gasteiger partial charge on any atom is -0.448 e. The highest BCUT2D eigenvalue weighted by molar-refractivity contribution is 7.21. The summed E-state index contributed by atoms with van der Waals surface area (Å²) in [4.78, 5) is 25.2. The number of esters is 1. The van der Waals surface area contributed by atoms with Crippen LogP contribution in [0.2, 0.25) is 0 Å². The zero-order valence-corrected chi connectivity index (χ0v) is 16.3. The minimum atomic E-state index is -1.01. The monoisotopic (exact) mass is 389 g/mol. The first kappa shape index (κ1) is 19.0. The Bertz CT molecular complexity index is 1010. The summed E-state index contributed by atoms with van der Waals surface area (Å²) in [7, 11) is 0. The van der Waals surface area contributed by atoms with Gasteiger partial charge in [-0.3, -0.25) is 4.79 Å². The van der Waals surface area contributed by atoms with Crippen LogP contribution in [0, 0.1) is 12.7 Å². The number of benzene rings is 1. The predicted octanol–water partition coefficient (Wildman–Crippen LogP) is 4.31. The van der Waals surface area contributed by atoms with E-state index < -0.39 is 18.0 Å². The molecule has 0 aliphatic rings. The number of halogens is 1. The van der Waals surface area contributed by atoms with E-state index in [9.17, 15) is 14.0 Å². The van der Waals surface area contributed by atoms with Gasteiger partial charge in [0, 0.05) is 22.2 Å². The molecule has 27 heavy (non-hydrogen) atoms. The Morgan fingerprint density at radius 3 is 2.67 bits per heavy atom. The molecule has 8 heteroatoms. The number of carbonyl (C=O) groups is 2. The highest BCUT2D eigenvalue weighted by atomic mass is 32.1. The van der Waals surface area contributed by atoms with Crippen LogP contribution in [0.4, 0.5) is 10.2 Å². The largest absolute Gasteiger partial charge is 0.448 e. The maximum Gasteiger partial charge on any atom is 0.349 e. The summed E-state index contributed by atoms with van der Waals surface area (Å²) in [6.45, 7) is 7.04. The fourth-order valence-electron chi connectivity index (χ4n) is 2.77. The predicted molar refractivity (Wildman–Crippen MR) is 103 cm³/mol. The molecule has 142 valence electrons. The number of nitrogens with one attached hydrogen (secondary N) is 1. The van der Waals surface area contributed by atoms with Crippen LogP contribution in [0.1, 0.15) is 42.0 Å². The Kier molecular flexibility index (Phi) is 5.27. The van der Waals surface area contributed by atoms with Crippen molar-refractivity contribution in [1.82, 2.24) is 9.78 Å². The molecule has 0 aliphatic carbocycles. The van der Waals surface area contributed by atoms with Gasteiger partial charge in [-0.25, -0.2) is 13.9 Å². The van der Waals surface area contributed by atoms with Crippen molar-refractivity contribution in [3.63, 3.8) is 0 Å². The number of hydrogen-bond acceptors (Lipinski definition) is 5. The molecule has 0 radical (unpaired) electrons. The van der Waals surface area contributed by atoms with Crippen molar-refractivity contribution in [2.24, 2.45) is 0 Å². The van der Waals surface area contributed by atoms with Crippen molar-refractivity contribution in [3.8, 4) is 0 Å². The SMILES string of the molecule is Cc1c(C(=O)O[C@H](C)C(=O)Nc2ccnn2C(C)C)sc2cccc(F)c12. The van der Waals surface area contributed by atoms with Crippen LogP contribution in [0.5, 0.6) is 0 Å². The maximum atomic E-state index is 14.0. The van der Waals surface area contributed by atoms with Gasteiger partial charge in [0.2, 0.25) is 0 Å². The van der Waals surface area contributed by atoms with E-state index in [1.165, 1.54) is 13.0 Å². The number of nitrogens with zero attached hydrogens (tertiary/aromatic N) is 2. The van der Waals surface area contributed by atoms with E-state index >= 15 is 0 Å². The molecule has 3 rings (SSSR count). The van der Waals surface area contributed by atoms with Crippen molar-refractivity contribution in [1.29, 1.82) is 0 Å². The van der Waals surface area contributed by atoms with Gasteiger partial charge in [0.05, 0.1) is 6.20 Å². The fraction of sp³-hybridized carbons (Fsp3) is 0.316. The molecule has 3 aromatic rings. The van der Waals surface area contributed by atoms with E-state index in [1.54, 1.807) is 36.0 Å². The van der Waals surface area contributed by atoms with Gasteiger partial charge < -0.3 is 10.1 Å². The van der Waals surface area contributed by atoms with Crippen LogP contribution in [0.25, 0.3) is 10.1 Å². The number of rotatable bonds is 5. The van der Waals surface area contributed by atoms with Gasteiger partial charge in [-0.15, -0.1) is 11.3 Å². The summed E-state index contributed by atoms with van der Waals surface area (Å²) in [5.74, 6) is -0.963.